The van der Waals surface area contributed by atoms with E-state index in [2.05, 4.69) is 22.8 Å². The van der Waals surface area contributed by atoms with Gasteiger partial charge >= 0.3 is 6.03 Å². The smallest absolute Gasteiger partial charge is 0.319 e. The van der Waals surface area contributed by atoms with Gasteiger partial charge in [0.2, 0.25) is 0 Å². The lowest BCUT2D eigenvalue weighted by molar-refractivity contribution is 0.0794. The molecule has 5 heteroatoms. The molecule has 1 atom stereocenters. The van der Waals surface area contributed by atoms with Gasteiger partial charge in [-0.3, -0.25) is 4.79 Å². The predicted molar refractivity (Wildman–Crippen MR) is 113 cm³/mol. The molecule has 2 aromatic carbocycles. The Hall–Kier alpha value is -2.82. The van der Waals surface area contributed by atoms with Crippen molar-refractivity contribution < 1.29 is 9.59 Å². The Labute approximate surface area is 167 Å². The second-order valence-electron chi connectivity index (χ2n) is 7.52. The Bertz CT molecular complexity index is 814. The van der Waals surface area contributed by atoms with Crippen molar-refractivity contribution in [3.63, 3.8) is 0 Å². The first kappa shape index (κ1) is 19.9. The van der Waals surface area contributed by atoms with Gasteiger partial charge < -0.3 is 15.5 Å². The minimum absolute atomic E-state index is 0.00590. The average molecular weight is 380 g/mol. The number of para-hydroxylation sites is 1. The lowest BCUT2D eigenvalue weighted by Crippen LogP contribution is -2.37. The van der Waals surface area contributed by atoms with Gasteiger partial charge in [0, 0.05) is 19.1 Å². The minimum atomic E-state index is -0.273. The van der Waals surface area contributed by atoms with Crippen LogP contribution in [0.25, 0.3) is 0 Å². The van der Waals surface area contributed by atoms with Crippen molar-refractivity contribution in [3.8, 4) is 0 Å². The van der Waals surface area contributed by atoms with E-state index in [9.17, 15) is 9.59 Å². The Morgan fingerprint density at radius 3 is 2.46 bits per heavy atom. The quantitative estimate of drug-likeness (QED) is 0.783. The molecule has 0 saturated carbocycles. The van der Waals surface area contributed by atoms with E-state index >= 15 is 0 Å². The van der Waals surface area contributed by atoms with Gasteiger partial charge in [-0.1, -0.05) is 42.5 Å². The normalized spacial score (nSPS) is 14.6. The zero-order chi connectivity index (χ0) is 19.9. The molecule has 1 aliphatic rings. The summed E-state index contributed by atoms with van der Waals surface area (Å²) in [6, 6.07) is 15.6. The number of aryl methyl sites for hydroxylation is 2. The SMILES string of the molecule is Cc1cccc(C(=O)N2CCCC2)c1NC(=O)NC(C)CCc1ccccc1. The second kappa shape index (κ2) is 9.40. The van der Waals surface area contributed by atoms with E-state index in [-0.39, 0.29) is 18.0 Å². The third-order valence-electron chi connectivity index (χ3n) is 5.22. The van der Waals surface area contributed by atoms with Crippen LogP contribution in [0.3, 0.4) is 0 Å². The van der Waals surface area contributed by atoms with E-state index < -0.39 is 0 Å². The third-order valence-corrected chi connectivity index (χ3v) is 5.22. The highest BCUT2D eigenvalue weighted by atomic mass is 16.2. The highest BCUT2D eigenvalue weighted by molar-refractivity contribution is 6.04. The first-order valence-corrected chi connectivity index (χ1v) is 10.0. The molecule has 0 aromatic heterocycles. The average Bonchev–Trinajstić information content (AvgIpc) is 3.23. The van der Waals surface area contributed by atoms with E-state index in [1.807, 2.05) is 49.1 Å². The molecule has 0 aliphatic carbocycles. The van der Waals surface area contributed by atoms with Crippen molar-refractivity contribution in [1.82, 2.24) is 10.2 Å². The van der Waals surface area contributed by atoms with Gasteiger partial charge in [0.1, 0.15) is 0 Å². The molecule has 5 nitrogen and oxygen atoms in total. The van der Waals surface area contributed by atoms with Gasteiger partial charge in [0.15, 0.2) is 0 Å². The van der Waals surface area contributed by atoms with E-state index in [1.54, 1.807) is 6.07 Å². The zero-order valence-electron chi connectivity index (χ0n) is 16.7. The molecular weight excluding hydrogens is 350 g/mol. The molecule has 1 saturated heterocycles. The number of likely N-dealkylation sites (tertiary alicyclic amines) is 1. The summed E-state index contributed by atoms with van der Waals surface area (Å²) < 4.78 is 0. The third kappa shape index (κ3) is 5.12. The summed E-state index contributed by atoms with van der Waals surface area (Å²) in [4.78, 5) is 27.2. The molecule has 1 aliphatic heterocycles. The number of nitrogens with zero attached hydrogens (tertiary/aromatic N) is 1. The number of rotatable bonds is 6. The van der Waals surface area contributed by atoms with E-state index in [1.165, 1.54) is 5.56 Å². The largest absolute Gasteiger partial charge is 0.339 e. The van der Waals surface area contributed by atoms with E-state index in [0.29, 0.717) is 11.3 Å². The highest BCUT2D eigenvalue weighted by Crippen LogP contribution is 2.24. The maximum absolute atomic E-state index is 12.8. The van der Waals surface area contributed by atoms with Crippen molar-refractivity contribution >= 4 is 17.6 Å². The summed E-state index contributed by atoms with van der Waals surface area (Å²) in [5.41, 5.74) is 3.31. The van der Waals surface area contributed by atoms with Crippen molar-refractivity contribution in [2.24, 2.45) is 0 Å². The predicted octanol–water partition coefficient (Wildman–Crippen LogP) is 4.37. The van der Waals surface area contributed by atoms with Crippen molar-refractivity contribution in [2.75, 3.05) is 18.4 Å². The van der Waals surface area contributed by atoms with Crippen LogP contribution in [0, 0.1) is 6.92 Å². The fourth-order valence-corrected chi connectivity index (χ4v) is 3.58. The van der Waals surface area contributed by atoms with Crippen LogP contribution in [0.5, 0.6) is 0 Å². The summed E-state index contributed by atoms with van der Waals surface area (Å²) in [7, 11) is 0. The minimum Gasteiger partial charge on any atom is -0.339 e. The Morgan fingerprint density at radius 2 is 1.75 bits per heavy atom. The molecule has 148 valence electrons. The molecule has 3 amide bonds. The van der Waals surface area contributed by atoms with Crippen molar-refractivity contribution in [2.45, 2.75) is 45.6 Å². The Balaban J connectivity index is 1.61. The van der Waals surface area contributed by atoms with E-state index in [0.717, 1.165) is 44.3 Å². The summed E-state index contributed by atoms with van der Waals surface area (Å²) in [6.45, 7) is 5.48. The standard InChI is InChI=1S/C23H29N3O2/c1-17-9-8-12-20(22(27)26-15-6-7-16-26)21(17)25-23(28)24-18(2)13-14-19-10-4-3-5-11-19/h3-5,8-12,18H,6-7,13-16H2,1-2H3,(H2,24,25,28). The van der Waals surface area contributed by atoms with Gasteiger partial charge in [-0.05, 0) is 56.7 Å². The molecule has 28 heavy (non-hydrogen) atoms. The molecule has 0 bridgehead atoms. The molecule has 0 spiro atoms. The molecule has 1 heterocycles. The first-order valence-electron chi connectivity index (χ1n) is 10.0. The molecular formula is C23H29N3O2. The summed E-state index contributed by atoms with van der Waals surface area (Å²) in [5.74, 6) is -0.00590. The molecule has 0 radical (unpaired) electrons. The van der Waals surface area contributed by atoms with Crippen LogP contribution >= 0.6 is 0 Å². The molecule has 2 N–H and O–H groups in total. The topological polar surface area (TPSA) is 61.4 Å². The second-order valence-corrected chi connectivity index (χ2v) is 7.52. The number of carbonyl (C=O) groups excluding carboxylic acids is 2. The van der Waals surface area contributed by atoms with Crippen LogP contribution in [0.4, 0.5) is 10.5 Å². The first-order chi connectivity index (χ1) is 13.5. The fourth-order valence-electron chi connectivity index (χ4n) is 3.58. The van der Waals surface area contributed by atoms with E-state index in [4.69, 9.17) is 0 Å². The van der Waals surface area contributed by atoms with Crippen molar-refractivity contribution in [1.29, 1.82) is 0 Å². The molecule has 2 aromatic rings. The van der Waals surface area contributed by atoms with Gasteiger partial charge in [0.25, 0.3) is 5.91 Å². The number of nitrogens with one attached hydrogen (secondary N) is 2. The monoisotopic (exact) mass is 379 g/mol. The van der Waals surface area contributed by atoms with Crippen LogP contribution in [0.15, 0.2) is 48.5 Å². The maximum Gasteiger partial charge on any atom is 0.319 e. The zero-order valence-corrected chi connectivity index (χ0v) is 16.7. The van der Waals surface area contributed by atoms with Crippen LogP contribution in [-0.2, 0) is 6.42 Å². The number of hydrogen-bond donors (Lipinski definition) is 2. The molecule has 1 unspecified atom stereocenters. The van der Waals surface area contributed by atoms with Crippen molar-refractivity contribution in [3.05, 3.63) is 65.2 Å². The lowest BCUT2D eigenvalue weighted by atomic mass is 10.1. The molecule has 1 fully saturated rings. The lowest BCUT2D eigenvalue weighted by Gasteiger charge is -2.20. The Kier molecular flexibility index (Phi) is 6.69. The fraction of sp³-hybridized carbons (Fsp3) is 0.391. The van der Waals surface area contributed by atoms with Crippen LogP contribution in [-0.4, -0.2) is 36.0 Å². The summed E-state index contributed by atoms with van der Waals surface area (Å²) in [6.07, 6.45) is 3.84. The van der Waals surface area contributed by atoms with Gasteiger partial charge in [-0.15, -0.1) is 0 Å². The summed E-state index contributed by atoms with van der Waals surface area (Å²) >= 11 is 0. The van der Waals surface area contributed by atoms with Crippen LogP contribution in [0.1, 0.15) is 47.7 Å². The highest BCUT2D eigenvalue weighted by Gasteiger charge is 2.23. The van der Waals surface area contributed by atoms with Crippen LogP contribution < -0.4 is 10.6 Å². The number of anilines is 1. The van der Waals surface area contributed by atoms with Gasteiger partial charge in [-0.2, -0.15) is 0 Å². The molecule has 3 rings (SSSR count). The van der Waals surface area contributed by atoms with Gasteiger partial charge in [-0.25, -0.2) is 4.79 Å². The number of benzene rings is 2. The van der Waals surface area contributed by atoms with Gasteiger partial charge in [0.05, 0.1) is 11.3 Å². The number of amides is 3. The maximum atomic E-state index is 12.8. The summed E-state index contributed by atoms with van der Waals surface area (Å²) in [5, 5.41) is 5.90. The van der Waals surface area contributed by atoms with Crippen LogP contribution in [0.2, 0.25) is 0 Å². The number of hydrogen-bond acceptors (Lipinski definition) is 2. The number of urea groups is 1. The Morgan fingerprint density at radius 1 is 1.04 bits per heavy atom. The number of carbonyl (C=O) groups is 2.